The summed E-state index contributed by atoms with van der Waals surface area (Å²) in [6.07, 6.45) is 3.50. The van der Waals surface area contributed by atoms with Gasteiger partial charge in [0.25, 0.3) is 0 Å². The quantitative estimate of drug-likeness (QED) is 0.750. The van der Waals surface area contributed by atoms with E-state index in [1.807, 2.05) is 13.8 Å². The zero-order valence-electron chi connectivity index (χ0n) is 10.1. The van der Waals surface area contributed by atoms with E-state index in [4.69, 9.17) is 11.0 Å². The minimum absolute atomic E-state index is 0.00992. The second kappa shape index (κ2) is 5.86. The Bertz CT molecular complexity index is 282. The molecule has 0 aromatic carbocycles. The number of carbonyl (C=O) groups is 1. The Labute approximate surface area is 97.2 Å². The van der Waals surface area contributed by atoms with Gasteiger partial charge < -0.3 is 11.1 Å². The Morgan fingerprint density at radius 2 is 2.25 bits per heavy atom. The van der Waals surface area contributed by atoms with Gasteiger partial charge in [-0.2, -0.15) is 5.26 Å². The molecule has 0 radical (unpaired) electrons. The molecule has 0 aromatic heterocycles. The summed E-state index contributed by atoms with van der Waals surface area (Å²) in [4.78, 5) is 11.8. The van der Waals surface area contributed by atoms with Gasteiger partial charge in [0.2, 0.25) is 5.91 Å². The summed E-state index contributed by atoms with van der Waals surface area (Å²) in [6, 6.07) is 1.81. The molecule has 2 unspecified atom stereocenters. The molecule has 3 N–H and O–H groups in total. The first kappa shape index (κ1) is 13.0. The molecule has 1 saturated carbocycles. The molecule has 1 rings (SSSR count). The van der Waals surface area contributed by atoms with Crippen molar-refractivity contribution < 1.29 is 4.79 Å². The van der Waals surface area contributed by atoms with Gasteiger partial charge in [-0.25, -0.2) is 0 Å². The lowest BCUT2D eigenvalue weighted by Crippen LogP contribution is -2.46. The summed E-state index contributed by atoms with van der Waals surface area (Å²) in [6.45, 7) is 4.08. The predicted molar refractivity (Wildman–Crippen MR) is 62.3 cm³/mol. The first-order valence-electron chi connectivity index (χ1n) is 6.00. The van der Waals surface area contributed by atoms with Crippen LogP contribution in [0.4, 0.5) is 0 Å². The van der Waals surface area contributed by atoms with Gasteiger partial charge in [-0.05, 0) is 31.6 Å². The monoisotopic (exact) mass is 223 g/mol. The first-order valence-corrected chi connectivity index (χ1v) is 6.00. The van der Waals surface area contributed by atoms with E-state index in [0.29, 0.717) is 12.3 Å². The minimum atomic E-state index is -0.444. The molecule has 3 atom stereocenters. The Kier molecular flexibility index (Phi) is 4.75. The third-order valence-corrected chi connectivity index (χ3v) is 3.07. The van der Waals surface area contributed by atoms with Crippen molar-refractivity contribution in [2.45, 2.75) is 51.6 Å². The molecular weight excluding hydrogens is 202 g/mol. The highest BCUT2D eigenvalue weighted by atomic mass is 16.2. The van der Waals surface area contributed by atoms with Crippen LogP contribution in [0.3, 0.4) is 0 Å². The van der Waals surface area contributed by atoms with Crippen LogP contribution in [0.15, 0.2) is 0 Å². The molecule has 4 heteroatoms. The Balaban J connectivity index is 2.42. The summed E-state index contributed by atoms with van der Waals surface area (Å²) in [5.41, 5.74) is 5.79. The smallest absolute Gasteiger partial charge is 0.237 e. The SMILES string of the molecule is CC(C)C[C@H](N)C(=O)NC1CCCC1C#N. The highest BCUT2D eigenvalue weighted by Crippen LogP contribution is 2.24. The van der Waals surface area contributed by atoms with Crippen molar-refractivity contribution in [1.29, 1.82) is 5.26 Å². The summed E-state index contributed by atoms with van der Waals surface area (Å²) in [5.74, 6) is 0.271. The van der Waals surface area contributed by atoms with Gasteiger partial charge in [0.05, 0.1) is 18.0 Å². The van der Waals surface area contributed by atoms with E-state index in [1.165, 1.54) is 0 Å². The van der Waals surface area contributed by atoms with Crippen LogP contribution in [-0.4, -0.2) is 18.0 Å². The average molecular weight is 223 g/mol. The molecule has 0 spiro atoms. The number of nitrogens with two attached hydrogens (primary N) is 1. The van der Waals surface area contributed by atoms with Crippen LogP contribution in [0.5, 0.6) is 0 Å². The number of nitrogens with one attached hydrogen (secondary N) is 1. The van der Waals surface area contributed by atoms with Crippen molar-refractivity contribution in [1.82, 2.24) is 5.32 Å². The van der Waals surface area contributed by atoms with Crippen LogP contribution >= 0.6 is 0 Å². The third-order valence-electron chi connectivity index (χ3n) is 3.07. The second-order valence-corrected chi connectivity index (χ2v) is 5.02. The number of nitriles is 1. The fraction of sp³-hybridized carbons (Fsp3) is 0.833. The molecule has 1 amide bonds. The van der Waals surface area contributed by atoms with E-state index in [0.717, 1.165) is 19.3 Å². The predicted octanol–water partition coefficient (Wildman–Crippen LogP) is 1.17. The molecule has 0 bridgehead atoms. The molecular formula is C12H21N3O. The van der Waals surface area contributed by atoms with Crippen molar-refractivity contribution in [2.75, 3.05) is 0 Å². The zero-order chi connectivity index (χ0) is 12.1. The molecule has 0 heterocycles. The number of carbonyl (C=O) groups excluding carboxylic acids is 1. The molecule has 0 aromatic rings. The summed E-state index contributed by atoms with van der Waals surface area (Å²) in [7, 11) is 0. The maximum absolute atomic E-state index is 11.8. The molecule has 0 saturated heterocycles. The fourth-order valence-electron chi connectivity index (χ4n) is 2.19. The van der Waals surface area contributed by atoms with Gasteiger partial charge in [-0.1, -0.05) is 13.8 Å². The van der Waals surface area contributed by atoms with E-state index in [9.17, 15) is 4.79 Å². The van der Waals surface area contributed by atoms with Crippen molar-refractivity contribution in [3.05, 3.63) is 0 Å². The number of amides is 1. The van der Waals surface area contributed by atoms with Gasteiger partial charge in [-0.15, -0.1) is 0 Å². The molecule has 1 aliphatic carbocycles. The number of nitrogens with zero attached hydrogens (tertiary/aromatic N) is 1. The molecule has 90 valence electrons. The van der Waals surface area contributed by atoms with E-state index in [1.54, 1.807) is 0 Å². The lowest BCUT2D eigenvalue weighted by molar-refractivity contribution is -0.123. The fourth-order valence-corrected chi connectivity index (χ4v) is 2.19. The summed E-state index contributed by atoms with van der Waals surface area (Å²) < 4.78 is 0. The second-order valence-electron chi connectivity index (χ2n) is 5.02. The maximum Gasteiger partial charge on any atom is 0.237 e. The van der Waals surface area contributed by atoms with E-state index >= 15 is 0 Å². The van der Waals surface area contributed by atoms with E-state index in [2.05, 4.69) is 11.4 Å². The standard InChI is InChI=1S/C12H21N3O/c1-8(2)6-10(14)12(16)15-11-5-3-4-9(11)7-13/h8-11H,3-6,14H2,1-2H3,(H,15,16)/t9?,10-,11?/m0/s1. The maximum atomic E-state index is 11.8. The Morgan fingerprint density at radius 3 is 2.81 bits per heavy atom. The zero-order valence-corrected chi connectivity index (χ0v) is 10.1. The number of rotatable bonds is 4. The van der Waals surface area contributed by atoms with Gasteiger partial charge in [0.1, 0.15) is 0 Å². The summed E-state index contributed by atoms with van der Waals surface area (Å²) >= 11 is 0. The Morgan fingerprint density at radius 1 is 1.56 bits per heavy atom. The van der Waals surface area contributed by atoms with Crippen molar-refractivity contribution in [3.8, 4) is 6.07 Å². The van der Waals surface area contributed by atoms with Crippen LogP contribution in [-0.2, 0) is 4.79 Å². The average Bonchev–Trinajstić information content (AvgIpc) is 2.64. The topological polar surface area (TPSA) is 78.9 Å². The van der Waals surface area contributed by atoms with Crippen LogP contribution in [0.2, 0.25) is 0 Å². The highest BCUT2D eigenvalue weighted by molar-refractivity contribution is 5.81. The largest absolute Gasteiger partial charge is 0.351 e. The van der Waals surface area contributed by atoms with Crippen molar-refractivity contribution >= 4 is 5.91 Å². The van der Waals surface area contributed by atoms with Gasteiger partial charge in [0, 0.05) is 6.04 Å². The lowest BCUT2D eigenvalue weighted by Gasteiger charge is -2.19. The summed E-state index contributed by atoms with van der Waals surface area (Å²) in [5, 5.41) is 11.8. The van der Waals surface area contributed by atoms with Crippen LogP contribution in [0, 0.1) is 23.2 Å². The van der Waals surface area contributed by atoms with E-state index in [-0.39, 0.29) is 17.9 Å². The number of hydrogen-bond acceptors (Lipinski definition) is 3. The highest BCUT2D eigenvalue weighted by Gasteiger charge is 2.29. The normalized spacial score (nSPS) is 26.4. The van der Waals surface area contributed by atoms with Gasteiger partial charge >= 0.3 is 0 Å². The lowest BCUT2D eigenvalue weighted by atomic mass is 10.0. The van der Waals surface area contributed by atoms with Crippen LogP contribution in [0.1, 0.15) is 39.5 Å². The molecule has 4 nitrogen and oxygen atoms in total. The minimum Gasteiger partial charge on any atom is -0.351 e. The third kappa shape index (κ3) is 3.49. The van der Waals surface area contributed by atoms with Crippen molar-refractivity contribution in [3.63, 3.8) is 0 Å². The molecule has 1 fully saturated rings. The van der Waals surface area contributed by atoms with Crippen LogP contribution in [0.25, 0.3) is 0 Å². The van der Waals surface area contributed by atoms with Gasteiger partial charge in [-0.3, -0.25) is 4.79 Å². The first-order chi connectivity index (χ1) is 7.54. The van der Waals surface area contributed by atoms with Crippen LogP contribution < -0.4 is 11.1 Å². The Hall–Kier alpha value is -1.08. The molecule has 1 aliphatic rings. The van der Waals surface area contributed by atoms with Crippen molar-refractivity contribution in [2.24, 2.45) is 17.6 Å². The number of hydrogen-bond donors (Lipinski definition) is 2. The molecule has 16 heavy (non-hydrogen) atoms. The van der Waals surface area contributed by atoms with E-state index < -0.39 is 6.04 Å². The molecule has 0 aliphatic heterocycles. The van der Waals surface area contributed by atoms with Gasteiger partial charge in [0.15, 0.2) is 0 Å².